The van der Waals surface area contributed by atoms with E-state index in [0.29, 0.717) is 12.2 Å². The Balaban J connectivity index is 1.82. The Hall–Kier alpha value is -2.24. The van der Waals surface area contributed by atoms with E-state index in [9.17, 15) is 14.3 Å². The molecule has 4 rings (SSSR count). The van der Waals surface area contributed by atoms with Crippen LogP contribution in [-0.2, 0) is 10.2 Å². The van der Waals surface area contributed by atoms with Crippen molar-refractivity contribution in [2.24, 2.45) is 0 Å². The monoisotopic (exact) mass is 410 g/mol. The van der Waals surface area contributed by atoms with Crippen LogP contribution < -0.4 is 10.2 Å². The van der Waals surface area contributed by atoms with Crippen LogP contribution in [0.2, 0.25) is 0 Å². The van der Waals surface area contributed by atoms with Crippen LogP contribution in [0, 0.1) is 5.82 Å². The van der Waals surface area contributed by atoms with Crippen LogP contribution in [-0.4, -0.2) is 29.7 Å². The quantitative estimate of drug-likeness (QED) is 0.739. The van der Waals surface area contributed by atoms with Crippen molar-refractivity contribution in [3.8, 4) is 0 Å². The summed E-state index contributed by atoms with van der Waals surface area (Å²) in [6, 6.07) is 13.9. The van der Waals surface area contributed by atoms with Crippen LogP contribution in [0.5, 0.6) is 0 Å². The zero-order valence-corrected chi connectivity index (χ0v) is 17.8. The van der Waals surface area contributed by atoms with Gasteiger partial charge >= 0.3 is 0 Å². The van der Waals surface area contributed by atoms with E-state index in [1.54, 1.807) is 11.0 Å². The first kappa shape index (κ1) is 21.0. The van der Waals surface area contributed by atoms with Gasteiger partial charge in [-0.1, -0.05) is 69.5 Å². The first-order valence-electron chi connectivity index (χ1n) is 11.0. The van der Waals surface area contributed by atoms with Gasteiger partial charge in [0.05, 0.1) is 23.2 Å². The summed E-state index contributed by atoms with van der Waals surface area (Å²) in [5.41, 5.74) is 1.78. The minimum absolute atomic E-state index is 0.000231. The van der Waals surface area contributed by atoms with Crippen molar-refractivity contribution in [3.05, 3.63) is 65.5 Å². The van der Waals surface area contributed by atoms with Crippen LogP contribution in [0.25, 0.3) is 0 Å². The number of rotatable bonds is 6. The molecule has 5 heteroatoms. The van der Waals surface area contributed by atoms with Crippen molar-refractivity contribution in [2.75, 3.05) is 11.4 Å². The normalized spacial score (nSPS) is 19.9. The van der Waals surface area contributed by atoms with Gasteiger partial charge in [-0.25, -0.2) is 4.39 Å². The highest BCUT2D eigenvalue weighted by Crippen LogP contribution is 2.52. The van der Waals surface area contributed by atoms with E-state index < -0.39 is 17.6 Å². The van der Waals surface area contributed by atoms with Crippen molar-refractivity contribution in [3.63, 3.8) is 0 Å². The highest BCUT2D eigenvalue weighted by molar-refractivity contribution is 6.08. The number of hydrogen-bond donors (Lipinski definition) is 2. The largest absolute Gasteiger partial charge is 0.389 e. The van der Waals surface area contributed by atoms with E-state index in [0.717, 1.165) is 43.2 Å². The molecule has 4 nitrogen and oxygen atoms in total. The number of benzene rings is 2. The summed E-state index contributed by atoms with van der Waals surface area (Å²) in [4.78, 5) is 15.7. The summed E-state index contributed by atoms with van der Waals surface area (Å²) in [6.07, 6.45) is 3.84. The number of carbonyl (C=O) groups is 1. The third kappa shape index (κ3) is 3.65. The van der Waals surface area contributed by atoms with E-state index in [1.807, 2.05) is 44.2 Å². The lowest BCUT2D eigenvalue weighted by atomic mass is 9.70. The van der Waals surface area contributed by atoms with Gasteiger partial charge in [0, 0.05) is 12.6 Å². The third-order valence-electron chi connectivity index (χ3n) is 6.59. The van der Waals surface area contributed by atoms with Gasteiger partial charge in [0.25, 0.3) is 0 Å². The van der Waals surface area contributed by atoms with Crippen LogP contribution >= 0.6 is 0 Å². The Morgan fingerprint density at radius 1 is 1.10 bits per heavy atom. The van der Waals surface area contributed by atoms with E-state index in [1.165, 1.54) is 12.1 Å². The Labute approximate surface area is 178 Å². The molecule has 1 saturated carbocycles. The van der Waals surface area contributed by atoms with Crippen molar-refractivity contribution >= 4 is 11.6 Å². The third-order valence-corrected chi connectivity index (χ3v) is 6.59. The topological polar surface area (TPSA) is 52.6 Å². The maximum atomic E-state index is 14.3. The van der Waals surface area contributed by atoms with Crippen molar-refractivity contribution in [1.29, 1.82) is 0 Å². The van der Waals surface area contributed by atoms with Gasteiger partial charge in [0.2, 0.25) is 5.91 Å². The summed E-state index contributed by atoms with van der Waals surface area (Å²) in [7, 11) is 0. The lowest BCUT2D eigenvalue weighted by Gasteiger charge is -2.36. The number of aliphatic hydroxyl groups is 1. The number of halogens is 1. The molecule has 1 fully saturated rings. The van der Waals surface area contributed by atoms with Gasteiger partial charge in [-0.3, -0.25) is 4.79 Å². The molecule has 0 bridgehead atoms. The standard InChI is InChI=1S/C25H31FN2O2/c1-17(2)27-16-22(29)23(18-9-5-3-6-10-18)28-21-15-19(26)11-12-20(21)25(24(28)30)13-7-4-8-14-25/h3,5-6,9-12,15,17,22-23,27,29H,4,7-8,13-14,16H2,1-2H3/t22-,23+/m1/s1. The molecule has 2 aliphatic rings. The highest BCUT2D eigenvalue weighted by atomic mass is 19.1. The molecule has 2 atom stereocenters. The summed E-state index contributed by atoms with van der Waals surface area (Å²) >= 11 is 0. The fourth-order valence-electron chi connectivity index (χ4n) is 5.14. The average Bonchev–Trinajstić information content (AvgIpc) is 2.96. The van der Waals surface area contributed by atoms with Crippen molar-refractivity contribution in [2.45, 2.75) is 69.6 Å². The predicted octanol–water partition coefficient (Wildman–Crippen LogP) is 4.47. The van der Waals surface area contributed by atoms with Gasteiger partial charge < -0.3 is 15.3 Å². The fourth-order valence-corrected chi connectivity index (χ4v) is 5.14. The molecule has 0 radical (unpaired) electrons. The van der Waals surface area contributed by atoms with Crippen LogP contribution in [0.15, 0.2) is 48.5 Å². The lowest BCUT2D eigenvalue weighted by molar-refractivity contribution is -0.125. The molecule has 0 saturated heterocycles. The molecule has 1 spiro atoms. The molecule has 0 unspecified atom stereocenters. The number of aliphatic hydroxyl groups excluding tert-OH is 1. The van der Waals surface area contributed by atoms with E-state index in [-0.39, 0.29) is 17.8 Å². The zero-order chi connectivity index (χ0) is 21.3. The lowest BCUT2D eigenvalue weighted by Crippen LogP contribution is -2.48. The number of nitrogens with one attached hydrogen (secondary N) is 1. The molecular formula is C25H31FN2O2. The molecule has 2 aromatic rings. The molecule has 1 aliphatic carbocycles. The number of amides is 1. The number of fused-ring (bicyclic) bond motifs is 2. The van der Waals surface area contributed by atoms with Gasteiger partial charge in [-0.15, -0.1) is 0 Å². The average molecular weight is 411 g/mol. The van der Waals surface area contributed by atoms with Crippen LogP contribution in [0.4, 0.5) is 10.1 Å². The maximum absolute atomic E-state index is 14.3. The van der Waals surface area contributed by atoms with Gasteiger partial charge in [-0.2, -0.15) is 0 Å². The molecular weight excluding hydrogens is 379 g/mol. The molecule has 2 N–H and O–H groups in total. The molecule has 0 aromatic heterocycles. The van der Waals surface area contributed by atoms with Crippen LogP contribution in [0.3, 0.4) is 0 Å². The summed E-state index contributed by atoms with van der Waals surface area (Å²) < 4.78 is 14.3. The second-order valence-electron chi connectivity index (χ2n) is 8.97. The minimum Gasteiger partial charge on any atom is -0.389 e. The molecule has 1 heterocycles. The smallest absolute Gasteiger partial charge is 0.238 e. The van der Waals surface area contributed by atoms with E-state index >= 15 is 0 Å². The molecule has 2 aromatic carbocycles. The highest BCUT2D eigenvalue weighted by Gasteiger charge is 2.53. The second kappa shape index (κ2) is 8.48. The number of nitrogens with zero attached hydrogens (tertiary/aromatic N) is 1. The summed E-state index contributed by atoms with van der Waals surface area (Å²) in [5.74, 6) is -0.360. The van der Waals surface area contributed by atoms with E-state index in [4.69, 9.17) is 0 Å². The van der Waals surface area contributed by atoms with Gasteiger partial charge in [-0.05, 0) is 36.1 Å². The Bertz CT molecular complexity index is 893. The van der Waals surface area contributed by atoms with Gasteiger partial charge in [0.15, 0.2) is 0 Å². The molecule has 160 valence electrons. The number of anilines is 1. The zero-order valence-electron chi connectivity index (χ0n) is 17.8. The van der Waals surface area contributed by atoms with Crippen molar-refractivity contribution < 1.29 is 14.3 Å². The molecule has 1 aliphatic heterocycles. The summed E-state index contributed by atoms with van der Waals surface area (Å²) in [6.45, 7) is 4.39. The van der Waals surface area contributed by atoms with E-state index in [2.05, 4.69) is 5.32 Å². The maximum Gasteiger partial charge on any atom is 0.238 e. The SMILES string of the molecule is CC(C)NC[C@@H](O)[C@H](c1ccccc1)N1C(=O)C2(CCCCC2)c2ccc(F)cc21. The molecule has 1 amide bonds. The van der Waals surface area contributed by atoms with Crippen LogP contribution in [0.1, 0.15) is 63.1 Å². The first-order chi connectivity index (χ1) is 14.4. The Morgan fingerprint density at radius 3 is 2.47 bits per heavy atom. The second-order valence-corrected chi connectivity index (χ2v) is 8.97. The van der Waals surface area contributed by atoms with Gasteiger partial charge in [0.1, 0.15) is 5.82 Å². The number of hydrogen-bond acceptors (Lipinski definition) is 3. The Morgan fingerprint density at radius 2 is 1.80 bits per heavy atom. The van der Waals surface area contributed by atoms with Crippen molar-refractivity contribution in [1.82, 2.24) is 5.32 Å². The predicted molar refractivity (Wildman–Crippen MR) is 117 cm³/mol. The summed E-state index contributed by atoms with van der Waals surface area (Å²) in [5, 5.41) is 14.5. The first-order valence-corrected chi connectivity index (χ1v) is 11.0. The minimum atomic E-state index is -0.825. The fraction of sp³-hybridized carbons (Fsp3) is 0.480. The molecule has 30 heavy (non-hydrogen) atoms. The number of carbonyl (C=O) groups excluding carboxylic acids is 1. The Kier molecular flexibility index (Phi) is 5.94.